The summed E-state index contributed by atoms with van der Waals surface area (Å²) in [6.07, 6.45) is 3.15. The van der Waals surface area contributed by atoms with Gasteiger partial charge in [-0.15, -0.1) is 0 Å². The van der Waals surface area contributed by atoms with Crippen LogP contribution in [0, 0.1) is 5.82 Å². The van der Waals surface area contributed by atoms with Crippen LogP contribution in [-0.2, 0) is 0 Å². The number of carboxylic acid groups (broad SMARTS) is 1. The molecule has 0 saturated carbocycles. The largest absolute Gasteiger partial charge is 0.478 e. The quantitative estimate of drug-likeness (QED) is 0.692. The Hall–Kier alpha value is -2.90. The van der Waals surface area contributed by atoms with E-state index in [9.17, 15) is 14.0 Å². The van der Waals surface area contributed by atoms with Gasteiger partial charge in [-0.05, 0) is 25.1 Å². The van der Waals surface area contributed by atoms with Crippen molar-refractivity contribution in [3.63, 3.8) is 0 Å². The number of imidazole rings is 1. The maximum Gasteiger partial charge on any atom is 0.337 e. The van der Waals surface area contributed by atoms with Crippen LogP contribution in [0.3, 0.4) is 0 Å². The van der Waals surface area contributed by atoms with E-state index in [1.807, 2.05) is 0 Å². The van der Waals surface area contributed by atoms with Gasteiger partial charge in [-0.25, -0.2) is 19.0 Å². The number of carbonyl (C=O) groups excluding carboxylic acids is 1. The van der Waals surface area contributed by atoms with Crippen LogP contribution in [0.5, 0.6) is 0 Å². The number of halogens is 1. The monoisotopic (exact) mass is 292 g/mol. The van der Waals surface area contributed by atoms with Crippen LogP contribution >= 0.6 is 0 Å². The van der Waals surface area contributed by atoms with E-state index in [0.29, 0.717) is 5.82 Å². The Morgan fingerprint density at radius 1 is 1.43 bits per heavy atom. The summed E-state index contributed by atoms with van der Waals surface area (Å²) in [7, 11) is 0. The van der Waals surface area contributed by atoms with Crippen LogP contribution in [0.15, 0.2) is 30.6 Å². The molecule has 0 bridgehead atoms. The number of H-pyrrole nitrogens is 1. The second-order valence-electron chi connectivity index (χ2n) is 4.29. The first-order chi connectivity index (χ1) is 9.97. The first-order valence-corrected chi connectivity index (χ1v) is 6.07. The number of carboxylic acids is 1. The van der Waals surface area contributed by atoms with Gasteiger partial charge in [0.05, 0.1) is 17.3 Å². The van der Waals surface area contributed by atoms with Gasteiger partial charge in [-0.2, -0.15) is 0 Å². The molecule has 110 valence electrons. The third kappa shape index (κ3) is 3.56. The highest BCUT2D eigenvalue weighted by molar-refractivity contribution is 6.00. The van der Waals surface area contributed by atoms with Crippen molar-refractivity contribution in [2.75, 3.05) is 5.32 Å². The van der Waals surface area contributed by atoms with E-state index < -0.39 is 23.9 Å². The molecule has 1 atom stereocenters. The smallest absolute Gasteiger partial charge is 0.337 e. The third-order valence-electron chi connectivity index (χ3n) is 2.74. The lowest BCUT2D eigenvalue weighted by Gasteiger charge is -2.13. The molecule has 2 aromatic rings. The summed E-state index contributed by atoms with van der Waals surface area (Å²) >= 11 is 0. The van der Waals surface area contributed by atoms with E-state index in [1.54, 1.807) is 19.3 Å². The molecular weight excluding hydrogens is 279 g/mol. The summed E-state index contributed by atoms with van der Waals surface area (Å²) < 4.78 is 13.2. The van der Waals surface area contributed by atoms with Gasteiger partial charge in [0.15, 0.2) is 0 Å². The van der Waals surface area contributed by atoms with Crippen LogP contribution in [-0.4, -0.2) is 27.1 Å². The third-order valence-corrected chi connectivity index (χ3v) is 2.74. The Labute approximate surface area is 119 Å². The molecule has 1 unspecified atom stereocenters. The number of hydrogen-bond acceptors (Lipinski definition) is 3. The van der Waals surface area contributed by atoms with E-state index in [0.717, 1.165) is 18.2 Å². The molecule has 2 amide bonds. The summed E-state index contributed by atoms with van der Waals surface area (Å²) in [4.78, 5) is 29.7. The Balaban J connectivity index is 2.09. The van der Waals surface area contributed by atoms with Crippen molar-refractivity contribution in [3.8, 4) is 0 Å². The van der Waals surface area contributed by atoms with Crippen LogP contribution in [0.1, 0.15) is 29.1 Å². The molecule has 0 aliphatic carbocycles. The van der Waals surface area contributed by atoms with Crippen molar-refractivity contribution in [2.45, 2.75) is 13.0 Å². The van der Waals surface area contributed by atoms with Gasteiger partial charge in [0, 0.05) is 12.4 Å². The molecule has 0 aliphatic heterocycles. The van der Waals surface area contributed by atoms with Crippen molar-refractivity contribution in [2.24, 2.45) is 0 Å². The molecule has 0 saturated heterocycles. The standard InChI is InChI=1S/C13H13FN4O3/c1-7(11-15-4-5-16-11)17-13(21)18-10-6-8(14)2-3-9(10)12(19)20/h2-7H,1H3,(H,15,16)(H,19,20)(H2,17,18,21). The highest BCUT2D eigenvalue weighted by Crippen LogP contribution is 2.17. The fraction of sp³-hybridized carbons (Fsp3) is 0.154. The molecule has 2 rings (SSSR count). The molecule has 21 heavy (non-hydrogen) atoms. The van der Waals surface area contributed by atoms with Crippen LogP contribution in [0.4, 0.5) is 14.9 Å². The Bertz CT molecular complexity index is 657. The molecule has 1 heterocycles. The molecule has 8 heteroatoms. The number of aromatic nitrogens is 2. The number of nitrogens with one attached hydrogen (secondary N) is 3. The molecule has 0 radical (unpaired) electrons. The van der Waals surface area contributed by atoms with E-state index in [4.69, 9.17) is 5.11 Å². The topological polar surface area (TPSA) is 107 Å². The summed E-state index contributed by atoms with van der Waals surface area (Å²) in [5.41, 5.74) is -0.316. The van der Waals surface area contributed by atoms with Crippen molar-refractivity contribution >= 4 is 17.7 Å². The first-order valence-electron chi connectivity index (χ1n) is 6.07. The van der Waals surface area contributed by atoms with Crippen molar-refractivity contribution in [1.29, 1.82) is 0 Å². The number of benzene rings is 1. The minimum atomic E-state index is -1.26. The lowest BCUT2D eigenvalue weighted by Crippen LogP contribution is -2.32. The van der Waals surface area contributed by atoms with Gasteiger partial charge >= 0.3 is 12.0 Å². The minimum Gasteiger partial charge on any atom is -0.478 e. The van der Waals surface area contributed by atoms with Crippen LogP contribution in [0.25, 0.3) is 0 Å². The number of rotatable bonds is 4. The number of urea groups is 1. The summed E-state index contributed by atoms with van der Waals surface area (Å²) in [6, 6.07) is 1.97. The minimum absolute atomic E-state index is 0.119. The SMILES string of the molecule is CC(NC(=O)Nc1cc(F)ccc1C(=O)O)c1ncc[nH]1. The zero-order valence-corrected chi connectivity index (χ0v) is 11.1. The van der Waals surface area contributed by atoms with Gasteiger partial charge in [-0.1, -0.05) is 0 Å². The zero-order valence-electron chi connectivity index (χ0n) is 11.1. The molecule has 1 aromatic heterocycles. The highest BCUT2D eigenvalue weighted by atomic mass is 19.1. The Kier molecular flexibility index (Phi) is 4.17. The number of nitrogens with zero attached hydrogens (tertiary/aromatic N) is 1. The summed E-state index contributed by atoms with van der Waals surface area (Å²) in [5.74, 6) is -1.36. The zero-order chi connectivity index (χ0) is 15.4. The second kappa shape index (κ2) is 6.04. The summed E-state index contributed by atoms with van der Waals surface area (Å²) in [5, 5.41) is 13.9. The van der Waals surface area contributed by atoms with Crippen molar-refractivity contribution < 1.29 is 19.1 Å². The van der Waals surface area contributed by atoms with E-state index in [-0.39, 0.29) is 11.3 Å². The van der Waals surface area contributed by atoms with E-state index >= 15 is 0 Å². The Morgan fingerprint density at radius 3 is 2.81 bits per heavy atom. The average Bonchev–Trinajstić information content (AvgIpc) is 2.91. The van der Waals surface area contributed by atoms with E-state index in [2.05, 4.69) is 20.6 Å². The number of anilines is 1. The number of aromatic carboxylic acids is 1. The molecule has 0 aliphatic rings. The number of hydrogen-bond donors (Lipinski definition) is 4. The van der Waals surface area contributed by atoms with Gasteiger partial charge in [0.25, 0.3) is 0 Å². The fourth-order valence-corrected chi connectivity index (χ4v) is 1.74. The first kappa shape index (κ1) is 14.5. The summed E-state index contributed by atoms with van der Waals surface area (Å²) in [6.45, 7) is 1.70. The normalized spacial score (nSPS) is 11.7. The van der Waals surface area contributed by atoms with Gasteiger partial charge in [-0.3, -0.25) is 0 Å². The molecule has 0 spiro atoms. The van der Waals surface area contributed by atoms with E-state index in [1.165, 1.54) is 0 Å². The second-order valence-corrected chi connectivity index (χ2v) is 4.29. The number of amides is 2. The predicted octanol–water partition coefficient (Wildman–Crippen LogP) is 2.13. The lowest BCUT2D eigenvalue weighted by molar-refractivity contribution is 0.0698. The van der Waals surface area contributed by atoms with Gasteiger partial charge < -0.3 is 20.7 Å². The molecule has 4 N–H and O–H groups in total. The van der Waals surface area contributed by atoms with Crippen LogP contribution < -0.4 is 10.6 Å². The molecule has 7 nitrogen and oxygen atoms in total. The van der Waals surface area contributed by atoms with Gasteiger partial charge in [0.2, 0.25) is 0 Å². The fourth-order valence-electron chi connectivity index (χ4n) is 1.74. The van der Waals surface area contributed by atoms with Gasteiger partial charge in [0.1, 0.15) is 11.6 Å². The maximum absolute atomic E-state index is 13.2. The Morgan fingerprint density at radius 2 is 2.19 bits per heavy atom. The number of aromatic amines is 1. The molecule has 1 aromatic carbocycles. The lowest BCUT2D eigenvalue weighted by atomic mass is 10.2. The maximum atomic E-state index is 13.2. The molecular formula is C13H13FN4O3. The van der Waals surface area contributed by atoms with Crippen molar-refractivity contribution in [1.82, 2.24) is 15.3 Å². The number of carbonyl (C=O) groups is 2. The van der Waals surface area contributed by atoms with Crippen molar-refractivity contribution in [3.05, 3.63) is 47.8 Å². The predicted molar refractivity (Wildman–Crippen MR) is 72.5 cm³/mol. The molecule has 0 fully saturated rings. The van der Waals surface area contributed by atoms with Crippen LogP contribution in [0.2, 0.25) is 0 Å². The highest BCUT2D eigenvalue weighted by Gasteiger charge is 2.16. The average molecular weight is 292 g/mol.